The molecule has 0 spiro atoms. The number of sulfonamides is 1. The number of carbonyl (C=O) groups excluding carboxylic acids is 2. The molecule has 0 aliphatic rings. The molecule has 0 aliphatic carbocycles. The van der Waals surface area contributed by atoms with Crippen LogP contribution in [0.1, 0.15) is 18.1 Å². The summed E-state index contributed by atoms with van der Waals surface area (Å²) >= 11 is 13.7. The third-order valence-corrected chi connectivity index (χ3v) is 9.27. The predicted molar refractivity (Wildman–Crippen MR) is 154 cm³/mol. The lowest BCUT2D eigenvalue weighted by Gasteiger charge is -2.32. The van der Waals surface area contributed by atoms with E-state index in [2.05, 4.69) is 5.32 Å². The first-order valence-electron chi connectivity index (χ1n) is 11.7. The topological polar surface area (TPSA) is 86.8 Å². The van der Waals surface area contributed by atoms with Crippen LogP contribution in [0.3, 0.4) is 0 Å². The molecule has 0 heterocycles. The lowest BCUT2D eigenvalue weighted by atomic mass is 10.1. The van der Waals surface area contributed by atoms with Gasteiger partial charge in [-0.3, -0.25) is 13.9 Å². The van der Waals surface area contributed by atoms with Gasteiger partial charge < -0.3 is 10.2 Å². The minimum atomic E-state index is -4.12. The molecule has 0 radical (unpaired) electrons. The van der Waals surface area contributed by atoms with Gasteiger partial charge in [-0.2, -0.15) is 0 Å². The highest BCUT2D eigenvalue weighted by atomic mass is 35.5. The standard InChI is InChI=1S/C27H29Cl2N3O4S2/c1-18-5-8-21(9-6-18)32(38(35,36)23-12-10-22(37-4)11-13-23)17-26(33)31(19(2)27(34)30-3)16-20-7-14-24(28)25(29)15-20/h5-15,19H,16-17H2,1-4H3,(H,30,34). The number of benzene rings is 3. The van der Waals surface area contributed by atoms with Crippen molar-refractivity contribution in [2.24, 2.45) is 0 Å². The maximum Gasteiger partial charge on any atom is 0.264 e. The number of thioether (sulfide) groups is 1. The zero-order chi connectivity index (χ0) is 28.0. The van der Waals surface area contributed by atoms with Crippen molar-refractivity contribution in [1.82, 2.24) is 10.2 Å². The first kappa shape index (κ1) is 29.8. The highest BCUT2D eigenvalue weighted by molar-refractivity contribution is 7.98. The Bertz CT molecular complexity index is 1400. The van der Waals surface area contributed by atoms with Gasteiger partial charge in [-0.1, -0.05) is 47.0 Å². The Kier molecular flexibility index (Phi) is 10.1. The van der Waals surface area contributed by atoms with Gasteiger partial charge in [-0.25, -0.2) is 8.42 Å². The molecule has 202 valence electrons. The van der Waals surface area contributed by atoms with Gasteiger partial charge in [0, 0.05) is 18.5 Å². The summed E-state index contributed by atoms with van der Waals surface area (Å²) in [4.78, 5) is 28.6. The zero-order valence-corrected chi connectivity index (χ0v) is 24.6. The lowest BCUT2D eigenvalue weighted by Crippen LogP contribution is -2.50. The SMILES string of the molecule is CNC(=O)C(C)N(Cc1ccc(Cl)c(Cl)c1)C(=O)CN(c1ccc(C)cc1)S(=O)(=O)c1ccc(SC)cc1. The van der Waals surface area contributed by atoms with Gasteiger partial charge >= 0.3 is 0 Å². The van der Waals surface area contributed by atoms with Gasteiger partial charge in [0.05, 0.1) is 20.6 Å². The summed E-state index contributed by atoms with van der Waals surface area (Å²) in [6.07, 6.45) is 1.90. The van der Waals surface area contributed by atoms with Crippen LogP contribution in [-0.2, 0) is 26.2 Å². The van der Waals surface area contributed by atoms with Crippen LogP contribution in [0.25, 0.3) is 0 Å². The maximum absolute atomic E-state index is 13.8. The van der Waals surface area contributed by atoms with Gasteiger partial charge in [0.2, 0.25) is 11.8 Å². The summed E-state index contributed by atoms with van der Waals surface area (Å²) in [7, 11) is -2.65. The number of aryl methyl sites for hydroxylation is 1. The van der Waals surface area contributed by atoms with Gasteiger partial charge in [-0.15, -0.1) is 11.8 Å². The third kappa shape index (κ3) is 7.02. The Labute approximate surface area is 238 Å². The molecule has 0 fully saturated rings. The van der Waals surface area contributed by atoms with E-state index in [1.165, 1.54) is 35.8 Å². The largest absolute Gasteiger partial charge is 0.357 e. The second-order valence-electron chi connectivity index (χ2n) is 8.58. The molecular weight excluding hydrogens is 565 g/mol. The Morgan fingerprint density at radius 3 is 2.16 bits per heavy atom. The van der Waals surface area contributed by atoms with Crippen molar-refractivity contribution in [3.8, 4) is 0 Å². The summed E-state index contributed by atoms with van der Waals surface area (Å²) in [5.74, 6) is -0.951. The van der Waals surface area contributed by atoms with E-state index in [1.807, 2.05) is 13.2 Å². The number of nitrogens with zero attached hydrogens (tertiary/aromatic N) is 2. The Balaban J connectivity index is 2.03. The molecule has 0 saturated heterocycles. The Hall–Kier alpha value is -2.72. The molecule has 38 heavy (non-hydrogen) atoms. The van der Waals surface area contributed by atoms with Crippen molar-refractivity contribution in [2.45, 2.75) is 36.2 Å². The maximum atomic E-state index is 13.8. The molecule has 1 N–H and O–H groups in total. The average Bonchev–Trinajstić information content (AvgIpc) is 2.91. The summed E-state index contributed by atoms with van der Waals surface area (Å²) in [5, 5.41) is 3.22. The molecule has 3 aromatic carbocycles. The minimum Gasteiger partial charge on any atom is -0.357 e. The molecule has 11 heteroatoms. The van der Waals surface area contributed by atoms with Gasteiger partial charge in [0.1, 0.15) is 12.6 Å². The van der Waals surface area contributed by atoms with E-state index >= 15 is 0 Å². The molecule has 0 aliphatic heterocycles. The van der Waals surface area contributed by atoms with Crippen molar-refractivity contribution in [3.05, 3.63) is 87.9 Å². The number of amides is 2. The number of anilines is 1. The zero-order valence-electron chi connectivity index (χ0n) is 21.4. The quantitative estimate of drug-likeness (QED) is 0.319. The molecular formula is C27H29Cl2N3O4S2. The Morgan fingerprint density at radius 1 is 0.974 bits per heavy atom. The Morgan fingerprint density at radius 2 is 1.61 bits per heavy atom. The van der Waals surface area contributed by atoms with Crippen LogP contribution in [0.2, 0.25) is 10.0 Å². The van der Waals surface area contributed by atoms with Crippen molar-refractivity contribution in [2.75, 3.05) is 24.2 Å². The van der Waals surface area contributed by atoms with Crippen molar-refractivity contribution >= 4 is 62.5 Å². The van der Waals surface area contributed by atoms with Crippen molar-refractivity contribution in [3.63, 3.8) is 0 Å². The fourth-order valence-electron chi connectivity index (χ4n) is 3.74. The highest BCUT2D eigenvalue weighted by Crippen LogP contribution is 2.27. The summed E-state index contributed by atoms with van der Waals surface area (Å²) in [6, 6.07) is 17.4. The number of carbonyl (C=O) groups is 2. The molecule has 0 bridgehead atoms. The molecule has 3 aromatic rings. The summed E-state index contributed by atoms with van der Waals surface area (Å²) in [5.41, 5.74) is 1.91. The molecule has 7 nitrogen and oxygen atoms in total. The van der Waals surface area contributed by atoms with E-state index in [0.29, 0.717) is 21.3 Å². The van der Waals surface area contributed by atoms with Crippen LogP contribution < -0.4 is 9.62 Å². The van der Waals surface area contributed by atoms with Crippen molar-refractivity contribution < 1.29 is 18.0 Å². The second kappa shape index (κ2) is 12.9. The van der Waals surface area contributed by atoms with Crippen LogP contribution in [0.15, 0.2) is 76.5 Å². The molecule has 1 atom stereocenters. The van der Waals surface area contributed by atoms with Crippen LogP contribution in [0.5, 0.6) is 0 Å². The van der Waals surface area contributed by atoms with E-state index in [9.17, 15) is 18.0 Å². The fourth-order valence-corrected chi connectivity index (χ4v) is 5.88. The smallest absolute Gasteiger partial charge is 0.264 e. The van der Waals surface area contributed by atoms with E-state index in [4.69, 9.17) is 23.2 Å². The third-order valence-electron chi connectivity index (χ3n) is 6.00. The number of hydrogen-bond donors (Lipinski definition) is 1. The van der Waals surface area contributed by atoms with Crippen LogP contribution in [0, 0.1) is 6.92 Å². The monoisotopic (exact) mass is 593 g/mol. The molecule has 3 rings (SSSR count). The molecule has 0 aromatic heterocycles. The highest BCUT2D eigenvalue weighted by Gasteiger charge is 2.32. The van der Waals surface area contributed by atoms with Gasteiger partial charge in [-0.05, 0) is 74.2 Å². The molecule has 0 saturated carbocycles. The minimum absolute atomic E-state index is 0.0223. The number of hydrogen-bond acceptors (Lipinski definition) is 5. The van der Waals surface area contributed by atoms with Crippen LogP contribution in [-0.4, -0.2) is 51.0 Å². The summed E-state index contributed by atoms with van der Waals surface area (Å²) in [6.45, 7) is 2.98. The first-order valence-corrected chi connectivity index (χ1v) is 15.1. The van der Waals surface area contributed by atoms with Gasteiger partial charge in [0.15, 0.2) is 0 Å². The molecule has 1 unspecified atom stereocenters. The first-order chi connectivity index (χ1) is 18.0. The number of halogens is 2. The summed E-state index contributed by atoms with van der Waals surface area (Å²) < 4.78 is 28.7. The normalized spacial score (nSPS) is 12.1. The van der Waals surface area contributed by atoms with Crippen LogP contribution >= 0.6 is 35.0 Å². The fraction of sp³-hybridized carbons (Fsp3) is 0.259. The molecule has 2 amide bonds. The number of rotatable bonds is 10. The number of likely N-dealkylation sites (N-methyl/N-ethyl adjacent to an activating group) is 1. The van der Waals surface area contributed by atoms with E-state index < -0.39 is 34.4 Å². The number of nitrogens with one attached hydrogen (secondary N) is 1. The van der Waals surface area contributed by atoms with E-state index in [-0.39, 0.29) is 11.4 Å². The average molecular weight is 595 g/mol. The second-order valence-corrected chi connectivity index (χ2v) is 12.1. The van der Waals surface area contributed by atoms with Gasteiger partial charge in [0.25, 0.3) is 10.0 Å². The van der Waals surface area contributed by atoms with Crippen LogP contribution in [0.4, 0.5) is 5.69 Å². The predicted octanol–water partition coefficient (Wildman–Crippen LogP) is 5.38. The van der Waals surface area contributed by atoms with Crippen molar-refractivity contribution in [1.29, 1.82) is 0 Å². The van der Waals surface area contributed by atoms with E-state index in [0.717, 1.165) is 14.8 Å². The van der Waals surface area contributed by atoms with E-state index in [1.54, 1.807) is 61.5 Å². The lowest BCUT2D eigenvalue weighted by molar-refractivity contribution is -0.139.